The summed E-state index contributed by atoms with van der Waals surface area (Å²) in [4.78, 5) is 81.4. The lowest BCUT2D eigenvalue weighted by molar-refractivity contribution is -0.139. The molecule has 3 aromatic rings. The van der Waals surface area contributed by atoms with E-state index in [1.807, 2.05) is 76.2 Å². The van der Waals surface area contributed by atoms with Gasteiger partial charge in [0.25, 0.3) is 0 Å². The molecule has 1 spiro atoms. The maximum Gasteiger partial charge on any atom is 0.407 e. The fourth-order valence-corrected chi connectivity index (χ4v) is 10.2. The van der Waals surface area contributed by atoms with Gasteiger partial charge in [0, 0.05) is 24.5 Å². The van der Waals surface area contributed by atoms with E-state index >= 15 is 0 Å². The summed E-state index contributed by atoms with van der Waals surface area (Å²) in [6.45, 7) is 8.26. The highest BCUT2D eigenvalue weighted by Crippen LogP contribution is 2.53. The van der Waals surface area contributed by atoms with E-state index < -0.39 is 36.4 Å². The molecule has 336 valence electrons. The number of amides is 6. The van der Waals surface area contributed by atoms with Crippen LogP contribution >= 0.6 is 0 Å². The van der Waals surface area contributed by atoms with Crippen molar-refractivity contribution in [3.05, 3.63) is 71.8 Å². The minimum absolute atomic E-state index is 0.189. The number of alkyl carbamates (subject to hydrolysis) is 2. The largest absolute Gasteiger partial charge is 0.453 e. The molecule has 3 aromatic carbocycles. The Bertz CT molecular complexity index is 2050. The fraction of sp³-hybridized carbons (Fsp3) is 0.510. The molecule has 4 N–H and O–H groups in total. The highest BCUT2D eigenvalue weighted by atomic mass is 16.5. The summed E-state index contributed by atoms with van der Waals surface area (Å²) in [5.41, 5.74) is 8.74. The Balaban J connectivity index is 1.05. The summed E-state index contributed by atoms with van der Waals surface area (Å²) in [7, 11) is 2.51. The van der Waals surface area contributed by atoms with E-state index in [2.05, 4.69) is 33.4 Å². The molecule has 7 rings (SSSR count). The van der Waals surface area contributed by atoms with Crippen molar-refractivity contribution in [1.82, 2.24) is 20.4 Å². The van der Waals surface area contributed by atoms with Gasteiger partial charge in [0.05, 0.1) is 14.2 Å². The third-order valence-corrected chi connectivity index (χ3v) is 13.6. The van der Waals surface area contributed by atoms with E-state index in [9.17, 15) is 28.8 Å². The molecular formula is C49H62N6O8. The molecule has 6 amide bonds. The van der Waals surface area contributed by atoms with Crippen LogP contribution in [0.1, 0.15) is 90.2 Å². The Kier molecular flexibility index (Phi) is 13.8. The summed E-state index contributed by atoms with van der Waals surface area (Å²) in [6, 6.07) is 17.4. The number of rotatable bonds is 12. The lowest BCUT2D eigenvalue weighted by Crippen LogP contribution is -2.54. The number of carbonyl (C=O) groups is 6. The number of ether oxygens (including phenoxy) is 2. The average Bonchev–Trinajstić information content (AvgIpc) is 4.12. The molecule has 0 unspecified atom stereocenters. The van der Waals surface area contributed by atoms with Crippen LogP contribution in [-0.2, 0) is 41.5 Å². The number of benzene rings is 3. The zero-order chi connectivity index (χ0) is 45.0. The summed E-state index contributed by atoms with van der Waals surface area (Å²) in [5, 5.41) is 11.3. The Morgan fingerprint density at radius 3 is 1.30 bits per heavy atom. The third-order valence-electron chi connectivity index (χ3n) is 13.6. The van der Waals surface area contributed by atoms with Gasteiger partial charge in [0.2, 0.25) is 23.6 Å². The first-order valence-electron chi connectivity index (χ1n) is 22.5. The number of methoxy groups -OCH3 is 2. The zero-order valence-corrected chi connectivity index (χ0v) is 37.4. The number of hydrogen-bond acceptors (Lipinski definition) is 8. The van der Waals surface area contributed by atoms with Crippen LogP contribution in [0.4, 0.5) is 21.0 Å². The highest BCUT2D eigenvalue weighted by Gasteiger charge is 2.43. The van der Waals surface area contributed by atoms with Crippen molar-refractivity contribution in [2.24, 2.45) is 17.3 Å². The summed E-state index contributed by atoms with van der Waals surface area (Å²) in [6.07, 6.45) is 7.97. The number of likely N-dealkylation sites (tertiary alicyclic amines) is 2. The Hall–Kier alpha value is -5.92. The van der Waals surface area contributed by atoms with Crippen LogP contribution in [0.25, 0.3) is 22.3 Å². The summed E-state index contributed by atoms with van der Waals surface area (Å²) >= 11 is 0. The quantitative estimate of drug-likeness (QED) is 0.147. The van der Waals surface area contributed by atoms with Crippen LogP contribution in [0.15, 0.2) is 60.7 Å². The molecule has 14 heteroatoms. The lowest BCUT2D eigenvalue weighted by atomic mass is 9.82. The van der Waals surface area contributed by atoms with Crippen molar-refractivity contribution in [3.63, 3.8) is 0 Å². The van der Waals surface area contributed by atoms with Gasteiger partial charge in [-0.05, 0) is 126 Å². The standard InChI is InChI=1S/C49H62N6O8/c1-29(2)41(52-47(60)62-5)45(58)54-25-9-11-39(54)43(56)50-33-17-13-31(14-18-33)35-21-22-36(38-28-49(27-37(35)38)23-7-8-24-49)32-15-19-34(20-16-32)51-44(57)40-12-10-26-55(40)46(59)42(30(3)4)53-48(61)63-6/h13-22,29-30,39-42H,7-12,23-28H2,1-6H3,(H,50,56)(H,51,57)(H,52,60)(H,53,61)/t39-,40-,41-,42-/m0/s1. The van der Waals surface area contributed by atoms with Gasteiger partial charge in [0.1, 0.15) is 24.2 Å². The smallest absolute Gasteiger partial charge is 0.407 e. The first-order valence-corrected chi connectivity index (χ1v) is 22.5. The molecule has 2 heterocycles. The van der Waals surface area contributed by atoms with E-state index in [1.165, 1.54) is 62.2 Å². The first-order chi connectivity index (χ1) is 30.2. The normalized spacial score (nSPS) is 19.7. The van der Waals surface area contributed by atoms with E-state index in [4.69, 9.17) is 9.47 Å². The Morgan fingerprint density at radius 1 is 0.571 bits per heavy atom. The molecule has 14 nitrogen and oxygen atoms in total. The fourth-order valence-electron chi connectivity index (χ4n) is 10.2. The highest BCUT2D eigenvalue weighted by molar-refractivity contribution is 6.00. The van der Waals surface area contributed by atoms with Gasteiger partial charge < -0.3 is 40.5 Å². The molecule has 2 aliphatic carbocycles. The number of carbonyl (C=O) groups excluding carboxylic acids is 6. The van der Waals surface area contributed by atoms with Crippen molar-refractivity contribution < 1.29 is 38.2 Å². The Morgan fingerprint density at radius 2 is 0.952 bits per heavy atom. The van der Waals surface area contributed by atoms with Gasteiger partial charge in [-0.25, -0.2) is 9.59 Å². The van der Waals surface area contributed by atoms with Crippen LogP contribution in [-0.4, -0.2) is 97.1 Å². The van der Waals surface area contributed by atoms with Crippen molar-refractivity contribution in [2.45, 2.75) is 116 Å². The van der Waals surface area contributed by atoms with Gasteiger partial charge in [-0.2, -0.15) is 0 Å². The van der Waals surface area contributed by atoms with Crippen molar-refractivity contribution in [3.8, 4) is 22.3 Å². The molecule has 2 aliphatic heterocycles. The van der Waals surface area contributed by atoms with Gasteiger partial charge in [-0.1, -0.05) is 76.9 Å². The second kappa shape index (κ2) is 19.2. The molecule has 63 heavy (non-hydrogen) atoms. The van der Waals surface area contributed by atoms with Crippen LogP contribution in [0.5, 0.6) is 0 Å². The van der Waals surface area contributed by atoms with Gasteiger partial charge in [-0.3, -0.25) is 19.2 Å². The summed E-state index contributed by atoms with van der Waals surface area (Å²) < 4.78 is 9.47. The maximum atomic E-state index is 13.6. The van der Waals surface area contributed by atoms with E-state index in [0.29, 0.717) is 50.1 Å². The minimum atomic E-state index is -0.801. The number of nitrogens with one attached hydrogen (secondary N) is 4. The van der Waals surface area contributed by atoms with Crippen LogP contribution in [0, 0.1) is 17.3 Å². The van der Waals surface area contributed by atoms with E-state index in [-0.39, 0.29) is 40.9 Å². The predicted octanol–water partition coefficient (Wildman–Crippen LogP) is 7.30. The van der Waals surface area contributed by atoms with E-state index in [0.717, 1.165) is 24.0 Å². The van der Waals surface area contributed by atoms with Crippen LogP contribution < -0.4 is 21.3 Å². The number of anilines is 2. The van der Waals surface area contributed by atoms with Crippen molar-refractivity contribution >= 4 is 47.2 Å². The maximum absolute atomic E-state index is 13.6. The molecule has 4 atom stereocenters. The molecule has 1 saturated carbocycles. The monoisotopic (exact) mass is 862 g/mol. The van der Waals surface area contributed by atoms with Crippen LogP contribution in [0.2, 0.25) is 0 Å². The molecule has 4 aliphatic rings. The second-order valence-corrected chi connectivity index (χ2v) is 18.4. The van der Waals surface area contributed by atoms with Gasteiger partial charge >= 0.3 is 12.2 Å². The number of fused-ring (bicyclic) bond motifs is 1. The molecule has 3 fully saturated rings. The molecular weight excluding hydrogens is 801 g/mol. The predicted molar refractivity (Wildman–Crippen MR) is 241 cm³/mol. The third kappa shape index (κ3) is 9.69. The topological polar surface area (TPSA) is 175 Å². The SMILES string of the molecule is COC(=O)N[C@H](C(=O)N1CCC[C@H]1C(=O)Nc1ccc(-c2ccc(-c3ccc(NC(=O)[C@@H]4CCCN4C(=O)[C@@H](NC(=O)OC)C(C)C)cc3)c3c2CC2(CCCC2)C3)cc1)C(C)C. The molecule has 0 radical (unpaired) electrons. The second-order valence-electron chi connectivity index (χ2n) is 18.4. The minimum Gasteiger partial charge on any atom is -0.453 e. The van der Waals surface area contributed by atoms with Crippen LogP contribution in [0.3, 0.4) is 0 Å². The average molecular weight is 863 g/mol. The zero-order valence-electron chi connectivity index (χ0n) is 37.4. The van der Waals surface area contributed by atoms with Crippen molar-refractivity contribution in [2.75, 3.05) is 37.9 Å². The number of hydrogen-bond donors (Lipinski definition) is 4. The first kappa shape index (κ1) is 45.1. The van der Waals surface area contributed by atoms with E-state index in [1.54, 1.807) is 9.80 Å². The van der Waals surface area contributed by atoms with Gasteiger partial charge in [0.15, 0.2) is 0 Å². The molecule has 0 aromatic heterocycles. The number of nitrogens with zero attached hydrogens (tertiary/aromatic N) is 2. The lowest BCUT2D eigenvalue weighted by Gasteiger charge is -2.30. The molecule has 0 bridgehead atoms. The van der Waals surface area contributed by atoms with Gasteiger partial charge in [-0.15, -0.1) is 0 Å². The van der Waals surface area contributed by atoms with Crippen molar-refractivity contribution in [1.29, 1.82) is 0 Å². The summed E-state index contributed by atoms with van der Waals surface area (Å²) in [5.74, 6) is -1.48. The Labute approximate surface area is 370 Å². The molecule has 2 saturated heterocycles.